The van der Waals surface area contributed by atoms with Gasteiger partial charge in [-0.2, -0.15) is 0 Å². The van der Waals surface area contributed by atoms with Crippen molar-refractivity contribution in [2.24, 2.45) is 0 Å². The van der Waals surface area contributed by atoms with Crippen molar-refractivity contribution in [3.05, 3.63) is 102 Å². The predicted octanol–water partition coefficient (Wildman–Crippen LogP) is 5.53. The van der Waals surface area contributed by atoms with Crippen LogP contribution in [-0.2, 0) is 0 Å². The molecule has 1 N–H and O–H groups in total. The molecule has 1 unspecified atom stereocenters. The van der Waals surface area contributed by atoms with E-state index in [4.69, 9.17) is 0 Å². The molecule has 4 rings (SSSR count). The van der Waals surface area contributed by atoms with Crippen molar-refractivity contribution in [2.75, 3.05) is 0 Å². The molecule has 0 bridgehead atoms. The number of hydrogen-bond acceptors (Lipinski definition) is 2. The zero-order valence-electron chi connectivity index (χ0n) is 15.4. The predicted molar refractivity (Wildman–Crippen MR) is 109 cm³/mol. The highest BCUT2D eigenvalue weighted by Crippen LogP contribution is 2.27. The van der Waals surface area contributed by atoms with E-state index in [1.54, 1.807) is 24.3 Å². The van der Waals surface area contributed by atoms with Gasteiger partial charge < -0.3 is 5.32 Å². The van der Waals surface area contributed by atoms with Gasteiger partial charge in [-0.25, -0.2) is 9.37 Å². The van der Waals surface area contributed by atoms with Gasteiger partial charge in [-0.15, -0.1) is 0 Å². The fraction of sp³-hybridized carbons (Fsp3) is 0.0833. The van der Waals surface area contributed by atoms with E-state index < -0.39 is 0 Å². The standard InChI is InChI=1S/C24H19FN2O/c1-16(17-9-3-2-4-10-17)26-24(28)20-15-23(19-12-5-7-13-21(19)25)27-22-14-8-6-11-18(20)22/h2-16H,1H3,(H,26,28). The number of nitrogens with one attached hydrogen (secondary N) is 1. The summed E-state index contributed by atoms with van der Waals surface area (Å²) in [5, 5.41) is 3.77. The van der Waals surface area contributed by atoms with Crippen molar-refractivity contribution in [1.29, 1.82) is 0 Å². The third-order valence-electron chi connectivity index (χ3n) is 4.76. The Bertz CT molecular complexity index is 1140. The van der Waals surface area contributed by atoms with Crippen molar-refractivity contribution >= 4 is 16.8 Å². The minimum atomic E-state index is -0.366. The Hall–Kier alpha value is -3.53. The summed E-state index contributed by atoms with van der Waals surface area (Å²) >= 11 is 0. The molecule has 0 saturated heterocycles. The van der Waals surface area contributed by atoms with E-state index in [1.165, 1.54) is 6.07 Å². The molecule has 4 heteroatoms. The molecular formula is C24H19FN2O. The summed E-state index contributed by atoms with van der Waals surface area (Å²) in [6, 6.07) is 25.1. The number of carbonyl (C=O) groups excluding carboxylic acids is 1. The zero-order chi connectivity index (χ0) is 19.5. The van der Waals surface area contributed by atoms with Gasteiger partial charge in [-0.05, 0) is 36.8 Å². The molecule has 1 atom stereocenters. The lowest BCUT2D eigenvalue weighted by atomic mass is 10.0. The number of aromatic nitrogens is 1. The lowest BCUT2D eigenvalue weighted by molar-refractivity contribution is 0.0941. The van der Waals surface area contributed by atoms with E-state index in [9.17, 15) is 9.18 Å². The molecule has 138 valence electrons. The zero-order valence-corrected chi connectivity index (χ0v) is 15.4. The molecule has 3 aromatic carbocycles. The van der Waals surface area contributed by atoms with E-state index in [2.05, 4.69) is 10.3 Å². The average molecular weight is 370 g/mol. The molecule has 1 heterocycles. The number of carbonyl (C=O) groups is 1. The van der Waals surface area contributed by atoms with Gasteiger partial charge in [0.05, 0.1) is 22.8 Å². The minimum absolute atomic E-state index is 0.155. The number of nitrogens with zero attached hydrogens (tertiary/aromatic N) is 1. The number of amides is 1. The molecule has 0 aliphatic heterocycles. The van der Waals surface area contributed by atoms with Crippen molar-refractivity contribution in [3.8, 4) is 11.3 Å². The van der Waals surface area contributed by atoms with Gasteiger partial charge in [0, 0.05) is 10.9 Å². The van der Waals surface area contributed by atoms with Gasteiger partial charge in [0.15, 0.2) is 0 Å². The molecule has 0 saturated carbocycles. The van der Waals surface area contributed by atoms with E-state index in [-0.39, 0.29) is 17.8 Å². The van der Waals surface area contributed by atoms with Crippen LogP contribution in [0.2, 0.25) is 0 Å². The molecule has 0 radical (unpaired) electrons. The number of fused-ring (bicyclic) bond motifs is 1. The van der Waals surface area contributed by atoms with Crippen LogP contribution in [0.5, 0.6) is 0 Å². The Balaban J connectivity index is 1.77. The number of pyridine rings is 1. The molecule has 28 heavy (non-hydrogen) atoms. The lowest BCUT2D eigenvalue weighted by Crippen LogP contribution is -2.27. The molecule has 3 nitrogen and oxygen atoms in total. The van der Waals surface area contributed by atoms with Crippen LogP contribution in [0, 0.1) is 5.82 Å². The maximum absolute atomic E-state index is 14.3. The van der Waals surface area contributed by atoms with Crippen LogP contribution in [-0.4, -0.2) is 10.9 Å². The average Bonchev–Trinajstić information content (AvgIpc) is 2.74. The summed E-state index contributed by atoms with van der Waals surface area (Å²) in [7, 11) is 0. The van der Waals surface area contributed by atoms with E-state index in [0.717, 1.165) is 10.9 Å². The molecular weight excluding hydrogens is 351 g/mol. The minimum Gasteiger partial charge on any atom is -0.345 e. The number of halogens is 1. The van der Waals surface area contributed by atoms with Gasteiger partial charge in [0.1, 0.15) is 5.82 Å². The van der Waals surface area contributed by atoms with Crippen molar-refractivity contribution < 1.29 is 9.18 Å². The van der Waals surface area contributed by atoms with Gasteiger partial charge in [0.2, 0.25) is 0 Å². The number of benzene rings is 3. The van der Waals surface area contributed by atoms with Crippen molar-refractivity contribution in [2.45, 2.75) is 13.0 Å². The molecule has 4 aromatic rings. The summed E-state index contributed by atoms with van der Waals surface area (Å²) in [6.07, 6.45) is 0. The van der Waals surface area contributed by atoms with Gasteiger partial charge in [-0.3, -0.25) is 4.79 Å². The molecule has 0 aliphatic carbocycles. The maximum atomic E-state index is 14.3. The van der Waals surface area contributed by atoms with Crippen molar-refractivity contribution in [1.82, 2.24) is 10.3 Å². The van der Waals surface area contributed by atoms with Crippen LogP contribution in [0.25, 0.3) is 22.2 Å². The lowest BCUT2D eigenvalue weighted by Gasteiger charge is -2.16. The molecule has 0 spiro atoms. The third-order valence-corrected chi connectivity index (χ3v) is 4.76. The maximum Gasteiger partial charge on any atom is 0.252 e. The second kappa shape index (κ2) is 7.61. The number of para-hydroxylation sites is 1. The van der Waals surface area contributed by atoms with Crippen LogP contribution in [0.1, 0.15) is 28.9 Å². The molecule has 0 aliphatic rings. The van der Waals surface area contributed by atoms with Crippen molar-refractivity contribution in [3.63, 3.8) is 0 Å². The molecule has 1 aromatic heterocycles. The summed E-state index contributed by atoms with van der Waals surface area (Å²) in [4.78, 5) is 17.6. The first-order valence-electron chi connectivity index (χ1n) is 9.14. The van der Waals surface area contributed by atoms with E-state index >= 15 is 0 Å². The Kier molecular flexibility index (Phi) is 4.85. The topological polar surface area (TPSA) is 42.0 Å². The Morgan fingerprint density at radius 1 is 0.929 bits per heavy atom. The fourth-order valence-corrected chi connectivity index (χ4v) is 3.27. The summed E-state index contributed by atoms with van der Waals surface area (Å²) in [5.74, 6) is -0.582. The second-order valence-corrected chi connectivity index (χ2v) is 6.66. The summed E-state index contributed by atoms with van der Waals surface area (Å²) in [5.41, 5.74) is 2.96. The smallest absolute Gasteiger partial charge is 0.252 e. The highest BCUT2D eigenvalue weighted by atomic mass is 19.1. The first-order valence-corrected chi connectivity index (χ1v) is 9.14. The van der Waals surface area contributed by atoms with Crippen LogP contribution < -0.4 is 5.32 Å². The second-order valence-electron chi connectivity index (χ2n) is 6.66. The van der Waals surface area contributed by atoms with E-state index in [0.29, 0.717) is 22.3 Å². The Morgan fingerprint density at radius 2 is 1.61 bits per heavy atom. The summed E-state index contributed by atoms with van der Waals surface area (Å²) < 4.78 is 14.3. The first-order chi connectivity index (χ1) is 13.6. The largest absolute Gasteiger partial charge is 0.345 e. The third kappa shape index (κ3) is 3.49. The number of hydrogen-bond donors (Lipinski definition) is 1. The Morgan fingerprint density at radius 3 is 2.39 bits per heavy atom. The SMILES string of the molecule is CC(NC(=O)c1cc(-c2ccccc2F)nc2ccccc12)c1ccccc1. The molecule has 1 amide bonds. The van der Waals surface area contributed by atoms with Crippen LogP contribution in [0.3, 0.4) is 0 Å². The van der Waals surface area contributed by atoms with Crippen LogP contribution >= 0.6 is 0 Å². The van der Waals surface area contributed by atoms with Crippen LogP contribution in [0.4, 0.5) is 4.39 Å². The highest BCUT2D eigenvalue weighted by molar-refractivity contribution is 6.07. The number of rotatable bonds is 4. The highest BCUT2D eigenvalue weighted by Gasteiger charge is 2.17. The fourth-order valence-electron chi connectivity index (χ4n) is 3.27. The normalized spacial score (nSPS) is 11.9. The van der Waals surface area contributed by atoms with E-state index in [1.807, 2.05) is 61.5 Å². The summed E-state index contributed by atoms with van der Waals surface area (Å²) in [6.45, 7) is 1.94. The van der Waals surface area contributed by atoms with Crippen LogP contribution in [0.15, 0.2) is 84.9 Å². The Labute approximate surface area is 162 Å². The monoisotopic (exact) mass is 370 g/mol. The van der Waals surface area contributed by atoms with Gasteiger partial charge in [-0.1, -0.05) is 60.7 Å². The van der Waals surface area contributed by atoms with Gasteiger partial charge in [0.25, 0.3) is 5.91 Å². The first kappa shape index (κ1) is 17.9. The quantitative estimate of drug-likeness (QED) is 0.513. The van der Waals surface area contributed by atoms with Gasteiger partial charge >= 0.3 is 0 Å². The molecule has 0 fully saturated rings.